The van der Waals surface area contributed by atoms with Crippen LogP contribution < -0.4 is 5.73 Å². The number of nitrogen functional groups attached to an aromatic ring is 1. The van der Waals surface area contributed by atoms with Gasteiger partial charge in [-0.2, -0.15) is 0 Å². The average molecular weight is 393 g/mol. The molecule has 1 fully saturated rings. The second kappa shape index (κ2) is 5.01. The van der Waals surface area contributed by atoms with Gasteiger partial charge in [0.25, 0.3) is 0 Å². The fourth-order valence-corrected chi connectivity index (χ4v) is 4.26. The van der Waals surface area contributed by atoms with E-state index in [-0.39, 0.29) is 11.9 Å². The lowest BCUT2D eigenvalue weighted by Gasteiger charge is -2.24. The first-order valence-corrected chi connectivity index (χ1v) is 8.60. The lowest BCUT2D eigenvalue weighted by molar-refractivity contribution is 0.477. The molecule has 102 valence electrons. The summed E-state index contributed by atoms with van der Waals surface area (Å²) < 4.78 is 27.6. The smallest absolute Gasteiger partial charge is 0.201 e. The number of anilines is 1. The largest absolute Gasteiger partial charge is 0.369 e. The quantitative estimate of drug-likeness (QED) is 0.758. The Hall–Kier alpha value is -0.700. The Kier molecular flexibility index (Phi) is 3.50. The van der Waals surface area contributed by atoms with Crippen LogP contribution in [0.4, 0.5) is 10.3 Å². The summed E-state index contributed by atoms with van der Waals surface area (Å²) in [7, 11) is -0.721. The van der Waals surface area contributed by atoms with Crippen molar-refractivity contribution >= 4 is 50.4 Å². The van der Waals surface area contributed by atoms with Crippen LogP contribution in [0.3, 0.4) is 0 Å². The van der Waals surface area contributed by atoms with Crippen molar-refractivity contribution < 1.29 is 8.60 Å². The summed E-state index contributed by atoms with van der Waals surface area (Å²) in [5.41, 5.74) is 7.42. The zero-order valence-corrected chi connectivity index (χ0v) is 13.1. The summed E-state index contributed by atoms with van der Waals surface area (Å²) >= 11 is 1.95. The number of benzene rings is 1. The first-order valence-electron chi connectivity index (χ1n) is 6.03. The molecule has 1 aliphatic rings. The molecule has 0 aliphatic carbocycles. The number of halogens is 2. The minimum Gasteiger partial charge on any atom is -0.369 e. The Bertz CT molecular complexity index is 663. The molecule has 0 saturated carbocycles. The number of hydrogen-bond acceptors (Lipinski definition) is 3. The highest BCUT2D eigenvalue weighted by Gasteiger charge is 2.23. The number of fused-ring (bicyclic) bond motifs is 1. The number of rotatable bonds is 1. The minimum absolute atomic E-state index is 0.169. The minimum atomic E-state index is -0.721. The molecule has 3 rings (SSSR count). The van der Waals surface area contributed by atoms with E-state index in [2.05, 4.69) is 4.98 Å². The van der Waals surface area contributed by atoms with E-state index in [4.69, 9.17) is 5.73 Å². The van der Waals surface area contributed by atoms with Crippen LogP contribution in [0.15, 0.2) is 12.1 Å². The van der Waals surface area contributed by atoms with Crippen LogP contribution in [0, 0.1) is 9.39 Å². The highest BCUT2D eigenvalue weighted by Crippen LogP contribution is 2.31. The molecule has 1 aliphatic heterocycles. The summed E-state index contributed by atoms with van der Waals surface area (Å²) in [4.78, 5) is 4.30. The van der Waals surface area contributed by atoms with Crippen LogP contribution in [0.5, 0.6) is 0 Å². The Morgan fingerprint density at radius 1 is 1.42 bits per heavy atom. The Morgan fingerprint density at radius 3 is 2.79 bits per heavy atom. The molecule has 2 N–H and O–H groups in total. The van der Waals surface area contributed by atoms with Crippen molar-refractivity contribution in [1.29, 1.82) is 0 Å². The van der Waals surface area contributed by atoms with Gasteiger partial charge >= 0.3 is 0 Å². The van der Waals surface area contributed by atoms with Gasteiger partial charge in [-0.15, -0.1) is 0 Å². The number of nitrogens with two attached hydrogens (primary N) is 1. The molecule has 7 heteroatoms. The van der Waals surface area contributed by atoms with Crippen LogP contribution in [-0.4, -0.2) is 25.3 Å². The lowest BCUT2D eigenvalue weighted by atomic mass is 10.1. The van der Waals surface area contributed by atoms with E-state index in [1.165, 1.54) is 6.07 Å². The number of imidazole rings is 1. The van der Waals surface area contributed by atoms with Crippen molar-refractivity contribution in [3.63, 3.8) is 0 Å². The molecule has 19 heavy (non-hydrogen) atoms. The second-order valence-electron chi connectivity index (χ2n) is 4.67. The highest BCUT2D eigenvalue weighted by molar-refractivity contribution is 14.1. The molecule has 2 heterocycles. The van der Waals surface area contributed by atoms with E-state index in [0.717, 1.165) is 23.9 Å². The molecule has 0 spiro atoms. The first-order chi connectivity index (χ1) is 9.06. The van der Waals surface area contributed by atoms with Gasteiger partial charge in [-0.05, 0) is 41.5 Å². The second-order valence-corrected chi connectivity index (χ2v) is 7.53. The van der Waals surface area contributed by atoms with Crippen molar-refractivity contribution in [2.24, 2.45) is 0 Å². The summed E-state index contributed by atoms with van der Waals surface area (Å²) in [5.74, 6) is 1.51. The van der Waals surface area contributed by atoms with Gasteiger partial charge in [0.05, 0.1) is 14.6 Å². The molecule has 0 atom stereocenters. The van der Waals surface area contributed by atoms with Gasteiger partial charge in [0.1, 0.15) is 5.82 Å². The van der Waals surface area contributed by atoms with Crippen molar-refractivity contribution in [2.45, 2.75) is 18.9 Å². The monoisotopic (exact) mass is 393 g/mol. The summed E-state index contributed by atoms with van der Waals surface area (Å²) in [6, 6.07) is 3.37. The van der Waals surface area contributed by atoms with Crippen molar-refractivity contribution in [3.05, 3.63) is 21.5 Å². The molecule has 0 unspecified atom stereocenters. The van der Waals surface area contributed by atoms with Gasteiger partial charge in [0.2, 0.25) is 5.95 Å². The predicted octanol–water partition coefficient (Wildman–Crippen LogP) is 2.45. The maximum atomic E-state index is 13.7. The number of aromatic nitrogens is 2. The van der Waals surface area contributed by atoms with Crippen LogP contribution in [0.2, 0.25) is 0 Å². The molecule has 1 aromatic carbocycles. The third-order valence-electron chi connectivity index (χ3n) is 3.48. The van der Waals surface area contributed by atoms with Crippen molar-refractivity contribution in [1.82, 2.24) is 9.55 Å². The molecular formula is C12H13FIN3OS. The molecular weight excluding hydrogens is 380 g/mol. The van der Waals surface area contributed by atoms with Gasteiger partial charge in [-0.25, -0.2) is 9.37 Å². The van der Waals surface area contributed by atoms with E-state index in [1.807, 2.05) is 27.2 Å². The normalized spacial score (nSPS) is 23.9. The Morgan fingerprint density at radius 2 is 2.11 bits per heavy atom. The Labute approximate surface area is 126 Å². The van der Waals surface area contributed by atoms with Crippen LogP contribution in [-0.2, 0) is 10.8 Å². The van der Waals surface area contributed by atoms with Gasteiger partial charge in [-0.1, -0.05) is 0 Å². The molecule has 0 radical (unpaired) electrons. The third-order valence-corrected chi connectivity index (χ3v) is 5.69. The van der Waals surface area contributed by atoms with E-state index < -0.39 is 10.8 Å². The molecule has 0 bridgehead atoms. The summed E-state index contributed by atoms with van der Waals surface area (Å²) in [6.45, 7) is 0. The molecule has 1 aromatic heterocycles. The maximum Gasteiger partial charge on any atom is 0.201 e. The zero-order chi connectivity index (χ0) is 13.6. The Balaban J connectivity index is 2.10. The van der Waals surface area contributed by atoms with E-state index >= 15 is 0 Å². The van der Waals surface area contributed by atoms with E-state index in [1.54, 1.807) is 6.07 Å². The fourth-order valence-electron chi connectivity index (χ4n) is 2.53. The third kappa shape index (κ3) is 2.37. The average Bonchev–Trinajstić information content (AvgIpc) is 2.67. The molecule has 4 nitrogen and oxygen atoms in total. The predicted molar refractivity (Wildman–Crippen MR) is 83.0 cm³/mol. The summed E-state index contributed by atoms with van der Waals surface area (Å²) in [6.07, 6.45) is 1.60. The van der Waals surface area contributed by atoms with Crippen molar-refractivity contribution in [2.75, 3.05) is 17.2 Å². The van der Waals surface area contributed by atoms with E-state index in [0.29, 0.717) is 21.0 Å². The molecule has 0 amide bonds. The zero-order valence-electron chi connectivity index (χ0n) is 10.1. The van der Waals surface area contributed by atoms with Crippen LogP contribution in [0.25, 0.3) is 11.0 Å². The first kappa shape index (κ1) is 13.3. The van der Waals surface area contributed by atoms with Gasteiger partial charge in [0, 0.05) is 34.4 Å². The highest BCUT2D eigenvalue weighted by atomic mass is 127. The standard InChI is InChI=1S/C12H13FIN3OS/c13-8-5-11-10(6-9(8)14)16-12(15)17(11)7-1-3-19(18)4-2-7/h5-7H,1-4H2,(H2,15,16). The fraction of sp³-hybridized carbons (Fsp3) is 0.417. The number of hydrogen-bond donors (Lipinski definition) is 1. The van der Waals surface area contributed by atoms with Gasteiger partial charge < -0.3 is 10.3 Å². The van der Waals surface area contributed by atoms with E-state index in [9.17, 15) is 8.60 Å². The van der Waals surface area contributed by atoms with Crippen LogP contribution in [0.1, 0.15) is 18.9 Å². The van der Waals surface area contributed by atoms with Gasteiger partial charge in [0.15, 0.2) is 0 Å². The van der Waals surface area contributed by atoms with Crippen LogP contribution >= 0.6 is 22.6 Å². The van der Waals surface area contributed by atoms with Crippen molar-refractivity contribution in [3.8, 4) is 0 Å². The number of nitrogens with zero attached hydrogens (tertiary/aromatic N) is 2. The molecule has 1 saturated heterocycles. The maximum absolute atomic E-state index is 13.7. The molecule has 2 aromatic rings. The van der Waals surface area contributed by atoms with Gasteiger partial charge in [-0.3, -0.25) is 4.21 Å². The SMILES string of the molecule is Nc1nc2cc(I)c(F)cc2n1C1CCS(=O)CC1. The topological polar surface area (TPSA) is 60.9 Å². The summed E-state index contributed by atoms with van der Waals surface area (Å²) in [5, 5.41) is 0. The lowest BCUT2D eigenvalue weighted by Crippen LogP contribution is -2.22.